The molecule has 0 aliphatic rings. The lowest BCUT2D eigenvalue weighted by molar-refractivity contribution is -0.120. The molecule has 2 atom stereocenters. The Bertz CT molecular complexity index is 205. The Morgan fingerprint density at radius 2 is 1.19 bits per heavy atom. The monoisotopic (exact) mass is 262 g/mol. The van der Waals surface area contributed by atoms with Crippen molar-refractivity contribution in [2.75, 3.05) is 23.0 Å². The van der Waals surface area contributed by atoms with Gasteiger partial charge in [0, 0.05) is 34.8 Å². The summed E-state index contributed by atoms with van der Waals surface area (Å²) < 4.78 is 0. The normalized spacial score (nSPS) is 14.5. The molecular formula is C12H22O2S2. The maximum absolute atomic E-state index is 11.0. The summed E-state index contributed by atoms with van der Waals surface area (Å²) in [6.45, 7) is 7.24. The smallest absolute Gasteiger partial charge is 0.133 e. The Hall–Kier alpha value is 0.0400. The van der Waals surface area contributed by atoms with Gasteiger partial charge in [-0.2, -0.15) is 23.5 Å². The summed E-state index contributed by atoms with van der Waals surface area (Å²) in [7, 11) is 0. The lowest BCUT2D eigenvalue weighted by Crippen LogP contribution is -2.10. The van der Waals surface area contributed by atoms with E-state index in [1.807, 2.05) is 37.4 Å². The number of Topliss-reactive ketones (excluding diaryl/α,β-unsaturated/α-hetero) is 2. The van der Waals surface area contributed by atoms with E-state index in [1.165, 1.54) is 0 Å². The lowest BCUT2D eigenvalue weighted by Gasteiger charge is -2.08. The van der Waals surface area contributed by atoms with Crippen molar-refractivity contribution in [3.05, 3.63) is 0 Å². The molecule has 16 heavy (non-hydrogen) atoms. The fraction of sp³-hybridized carbons (Fsp3) is 0.833. The Labute approximate surface area is 107 Å². The SMILES string of the molecule is CC(=O)C(C)CSCCSCC(C)C(C)=O. The van der Waals surface area contributed by atoms with Crippen molar-refractivity contribution in [1.82, 2.24) is 0 Å². The zero-order valence-electron chi connectivity index (χ0n) is 10.6. The van der Waals surface area contributed by atoms with E-state index in [-0.39, 0.29) is 23.4 Å². The van der Waals surface area contributed by atoms with Gasteiger partial charge in [0.25, 0.3) is 0 Å². The van der Waals surface area contributed by atoms with E-state index in [9.17, 15) is 9.59 Å². The summed E-state index contributed by atoms with van der Waals surface area (Å²) in [5.41, 5.74) is 0. The van der Waals surface area contributed by atoms with Gasteiger partial charge >= 0.3 is 0 Å². The van der Waals surface area contributed by atoms with Gasteiger partial charge in [-0.25, -0.2) is 0 Å². The van der Waals surface area contributed by atoms with Crippen LogP contribution in [-0.2, 0) is 9.59 Å². The zero-order valence-corrected chi connectivity index (χ0v) is 12.2. The first kappa shape index (κ1) is 16.0. The molecule has 0 aromatic carbocycles. The van der Waals surface area contributed by atoms with Crippen LogP contribution in [-0.4, -0.2) is 34.6 Å². The van der Waals surface area contributed by atoms with E-state index < -0.39 is 0 Å². The van der Waals surface area contributed by atoms with Gasteiger partial charge in [-0.05, 0) is 13.8 Å². The van der Waals surface area contributed by atoms with Crippen LogP contribution in [0.5, 0.6) is 0 Å². The molecule has 0 radical (unpaired) electrons. The average molecular weight is 262 g/mol. The molecule has 0 saturated carbocycles. The highest BCUT2D eigenvalue weighted by Gasteiger charge is 2.08. The van der Waals surface area contributed by atoms with Crippen LogP contribution in [0.25, 0.3) is 0 Å². The highest BCUT2D eigenvalue weighted by atomic mass is 32.2. The van der Waals surface area contributed by atoms with E-state index in [0.717, 1.165) is 23.0 Å². The molecule has 0 aliphatic heterocycles. The van der Waals surface area contributed by atoms with E-state index in [2.05, 4.69) is 0 Å². The summed E-state index contributed by atoms with van der Waals surface area (Å²) in [6, 6.07) is 0. The quantitative estimate of drug-likeness (QED) is 0.598. The molecule has 0 aromatic heterocycles. The van der Waals surface area contributed by atoms with Crippen molar-refractivity contribution in [3.63, 3.8) is 0 Å². The fourth-order valence-electron chi connectivity index (χ4n) is 0.873. The minimum atomic E-state index is 0.172. The van der Waals surface area contributed by atoms with Crippen LogP contribution in [0.2, 0.25) is 0 Å². The first-order chi connectivity index (χ1) is 7.45. The molecule has 2 nitrogen and oxygen atoms in total. The van der Waals surface area contributed by atoms with E-state index in [0.29, 0.717) is 0 Å². The van der Waals surface area contributed by atoms with Gasteiger partial charge in [0.2, 0.25) is 0 Å². The third-order valence-electron chi connectivity index (χ3n) is 2.50. The summed E-state index contributed by atoms with van der Waals surface area (Å²) in [6.07, 6.45) is 0. The summed E-state index contributed by atoms with van der Waals surface area (Å²) in [5.74, 6) is 4.84. The molecular weight excluding hydrogens is 240 g/mol. The standard InChI is InChI=1S/C12H22O2S2/c1-9(11(3)13)7-15-5-6-16-8-10(2)12(4)14/h9-10H,5-8H2,1-4H3. The van der Waals surface area contributed by atoms with Crippen LogP contribution in [0, 0.1) is 11.8 Å². The highest BCUT2D eigenvalue weighted by Crippen LogP contribution is 2.14. The Morgan fingerprint density at radius 1 is 0.875 bits per heavy atom. The molecule has 4 heteroatoms. The van der Waals surface area contributed by atoms with Crippen molar-refractivity contribution >= 4 is 35.1 Å². The Kier molecular flexibility index (Phi) is 9.13. The summed E-state index contributed by atoms with van der Waals surface area (Å²) in [4.78, 5) is 21.9. The van der Waals surface area contributed by atoms with Crippen LogP contribution < -0.4 is 0 Å². The number of rotatable bonds is 9. The molecule has 0 heterocycles. The number of carbonyl (C=O) groups excluding carboxylic acids is 2. The molecule has 2 unspecified atom stereocenters. The van der Waals surface area contributed by atoms with E-state index in [4.69, 9.17) is 0 Å². The number of hydrogen-bond donors (Lipinski definition) is 0. The first-order valence-electron chi connectivity index (χ1n) is 5.61. The van der Waals surface area contributed by atoms with E-state index in [1.54, 1.807) is 13.8 Å². The van der Waals surface area contributed by atoms with Gasteiger partial charge in [0.05, 0.1) is 0 Å². The number of thioether (sulfide) groups is 2. The lowest BCUT2D eigenvalue weighted by atomic mass is 10.1. The molecule has 94 valence electrons. The molecule has 0 aromatic rings. The van der Waals surface area contributed by atoms with Crippen molar-refractivity contribution in [2.45, 2.75) is 27.7 Å². The first-order valence-corrected chi connectivity index (χ1v) is 7.92. The van der Waals surface area contributed by atoms with Gasteiger partial charge in [-0.1, -0.05) is 13.8 Å². The highest BCUT2D eigenvalue weighted by molar-refractivity contribution is 8.02. The summed E-state index contributed by atoms with van der Waals surface area (Å²) >= 11 is 3.65. The van der Waals surface area contributed by atoms with Gasteiger partial charge in [0.1, 0.15) is 11.6 Å². The van der Waals surface area contributed by atoms with Gasteiger partial charge in [-0.15, -0.1) is 0 Å². The second kappa shape index (κ2) is 9.11. The minimum Gasteiger partial charge on any atom is -0.300 e. The van der Waals surface area contributed by atoms with Gasteiger partial charge < -0.3 is 0 Å². The topological polar surface area (TPSA) is 34.1 Å². The van der Waals surface area contributed by atoms with Crippen molar-refractivity contribution in [3.8, 4) is 0 Å². The molecule has 0 spiro atoms. The molecule has 0 fully saturated rings. The largest absolute Gasteiger partial charge is 0.300 e. The molecule has 0 aliphatic carbocycles. The van der Waals surface area contributed by atoms with Crippen LogP contribution in [0.15, 0.2) is 0 Å². The maximum Gasteiger partial charge on any atom is 0.133 e. The fourth-order valence-corrected chi connectivity index (χ4v) is 3.33. The number of carbonyl (C=O) groups is 2. The number of hydrogen-bond acceptors (Lipinski definition) is 4. The number of ketones is 2. The molecule has 0 rings (SSSR count). The Morgan fingerprint density at radius 3 is 1.44 bits per heavy atom. The molecule has 0 bridgehead atoms. The van der Waals surface area contributed by atoms with Crippen LogP contribution in [0.3, 0.4) is 0 Å². The molecule has 0 N–H and O–H groups in total. The van der Waals surface area contributed by atoms with Crippen LogP contribution in [0.4, 0.5) is 0 Å². The van der Waals surface area contributed by atoms with Crippen molar-refractivity contribution < 1.29 is 9.59 Å². The van der Waals surface area contributed by atoms with Crippen LogP contribution in [0.1, 0.15) is 27.7 Å². The Balaban J connectivity index is 3.34. The minimum absolute atomic E-state index is 0.172. The van der Waals surface area contributed by atoms with Gasteiger partial charge in [-0.3, -0.25) is 9.59 Å². The predicted molar refractivity (Wildman–Crippen MR) is 74.3 cm³/mol. The maximum atomic E-state index is 11.0. The zero-order chi connectivity index (χ0) is 12.6. The summed E-state index contributed by atoms with van der Waals surface area (Å²) in [5, 5.41) is 0. The predicted octanol–water partition coefficient (Wildman–Crippen LogP) is 2.90. The second-order valence-corrected chi connectivity index (χ2v) is 6.47. The second-order valence-electron chi connectivity index (χ2n) is 4.17. The van der Waals surface area contributed by atoms with E-state index >= 15 is 0 Å². The third kappa shape index (κ3) is 8.22. The van der Waals surface area contributed by atoms with Gasteiger partial charge in [0.15, 0.2) is 0 Å². The average Bonchev–Trinajstić information content (AvgIpc) is 2.21. The molecule has 0 amide bonds. The van der Waals surface area contributed by atoms with Crippen molar-refractivity contribution in [1.29, 1.82) is 0 Å². The third-order valence-corrected chi connectivity index (χ3v) is 5.21. The van der Waals surface area contributed by atoms with Crippen molar-refractivity contribution in [2.24, 2.45) is 11.8 Å². The molecule has 0 saturated heterocycles. The van der Waals surface area contributed by atoms with Crippen LogP contribution >= 0.6 is 23.5 Å².